The van der Waals surface area contributed by atoms with Gasteiger partial charge in [-0.15, -0.1) is 12.4 Å². The summed E-state index contributed by atoms with van der Waals surface area (Å²) in [5.41, 5.74) is -2.14. The Kier molecular flexibility index (Phi) is 11.7. The molecule has 0 bridgehead atoms. The lowest BCUT2D eigenvalue weighted by Gasteiger charge is -2.34. The topological polar surface area (TPSA) is 104 Å². The summed E-state index contributed by atoms with van der Waals surface area (Å²) < 4.78 is 133. The molecular weight excluding hydrogens is 620 g/mol. The number of hydrogen-bond donors (Lipinski definition) is 3. The number of halogens is 7. The van der Waals surface area contributed by atoms with Gasteiger partial charge in [0.15, 0.2) is 0 Å². The van der Waals surface area contributed by atoms with E-state index in [0.29, 0.717) is 37.8 Å². The van der Waals surface area contributed by atoms with Crippen molar-refractivity contribution in [2.45, 2.75) is 92.3 Å². The van der Waals surface area contributed by atoms with Crippen LogP contribution in [0.3, 0.4) is 0 Å². The molecule has 0 saturated carbocycles. The minimum absolute atomic E-state index is 0. The highest BCUT2D eigenvalue weighted by atomic mass is 35.5. The van der Waals surface area contributed by atoms with Gasteiger partial charge >= 0.3 is 12.4 Å². The van der Waals surface area contributed by atoms with Crippen molar-refractivity contribution < 1.29 is 43.2 Å². The van der Waals surface area contributed by atoms with Crippen molar-refractivity contribution in [3.8, 4) is 0 Å². The monoisotopic (exact) mass is 651 g/mol. The van der Waals surface area contributed by atoms with Crippen LogP contribution in [0.25, 0.3) is 0 Å². The van der Waals surface area contributed by atoms with Gasteiger partial charge in [-0.05, 0) is 75.9 Å². The predicted molar refractivity (Wildman–Crippen MR) is 143 cm³/mol. The predicted octanol–water partition coefficient (Wildman–Crippen LogP) is 5.47. The van der Waals surface area contributed by atoms with Crippen molar-refractivity contribution in [1.82, 2.24) is 14.8 Å². The highest BCUT2D eigenvalue weighted by molar-refractivity contribution is 7.89. The normalized spacial score (nSPS) is 20.2. The van der Waals surface area contributed by atoms with E-state index in [1.807, 2.05) is 0 Å². The summed E-state index contributed by atoms with van der Waals surface area (Å²) in [6, 6.07) is 5.41. The highest BCUT2D eigenvalue weighted by Gasteiger charge is 2.33. The Balaban J connectivity index is 0.00000588. The molecule has 16 heteroatoms. The molecule has 0 aromatic heterocycles. The second kappa shape index (κ2) is 13.6. The molecule has 0 amide bonds. The Hall–Kier alpha value is -1.91. The molecule has 2 aromatic rings. The van der Waals surface area contributed by atoms with E-state index in [9.17, 15) is 43.2 Å². The van der Waals surface area contributed by atoms with E-state index in [1.165, 1.54) is 0 Å². The van der Waals surface area contributed by atoms with Gasteiger partial charge in [0.1, 0.15) is 0 Å². The largest absolute Gasteiger partial charge is 0.416 e. The van der Waals surface area contributed by atoms with Crippen molar-refractivity contribution >= 4 is 32.5 Å². The average Bonchev–Trinajstić information content (AvgIpc) is 2.82. The zero-order valence-corrected chi connectivity index (χ0v) is 24.5. The van der Waals surface area contributed by atoms with E-state index in [4.69, 9.17) is 0 Å². The smallest absolute Gasteiger partial charge is 0.311 e. The van der Waals surface area contributed by atoms with E-state index >= 15 is 0 Å². The standard InChI is InChI=1S/C25H31F6N3O4S2.ClH/c1-16(33-39(35,36)22-10-3-6-18(14-22)24(26,27)28)12-20-8-5-9-21(32-20)13-17(2)34-40(37,38)23-11-4-7-19(15-23)25(29,30)31;/h3-4,6-7,10-11,14-17,20-21,32-34H,5,8-9,12-13H2,1-2H3;1H. The van der Waals surface area contributed by atoms with E-state index in [1.54, 1.807) is 13.8 Å². The van der Waals surface area contributed by atoms with Gasteiger partial charge in [-0.25, -0.2) is 26.3 Å². The number of benzene rings is 2. The first-order chi connectivity index (χ1) is 18.4. The van der Waals surface area contributed by atoms with Gasteiger partial charge in [0.2, 0.25) is 20.0 Å². The van der Waals surface area contributed by atoms with Crippen molar-refractivity contribution in [3.63, 3.8) is 0 Å². The van der Waals surface area contributed by atoms with Crippen LogP contribution >= 0.6 is 12.4 Å². The summed E-state index contributed by atoms with van der Waals surface area (Å²) in [6.45, 7) is 3.20. The Morgan fingerprint density at radius 1 is 0.756 bits per heavy atom. The first-order valence-electron chi connectivity index (χ1n) is 12.5. The molecule has 41 heavy (non-hydrogen) atoms. The fourth-order valence-corrected chi connectivity index (χ4v) is 7.38. The third-order valence-electron chi connectivity index (χ3n) is 6.51. The van der Waals surface area contributed by atoms with Gasteiger partial charge in [0.05, 0.1) is 20.9 Å². The molecule has 1 aliphatic rings. The van der Waals surface area contributed by atoms with E-state index < -0.39 is 65.4 Å². The second-order valence-electron chi connectivity index (χ2n) is 10.1. The van der Waals surface area contributed by atoms with Crippen LogP contribution < -0.4 is 14.8 Å². The SMILES string of the molecule is CC(CC1CCCC(CC(C)NS(=O)(=O)c2cccc(C(F)(F)F)c2)N1)NS(=O)(=O)c1cccc(C(F)(F)F)c1.Cl. The molecule has 7 nitrogen and oxygen atoms in total. The summed E-state index contributed by atoms with van der Waals surface area (Å²) >= 11 is 0. The third-order valence-corrected chi connectivity index (χ3v) is 9.68. The van der Waals surface area contributed by atoms with Crippen LogP contribution in [0.1, 0.15) is 57.1 Å². The zero-order chi connectivity index (χ0) is 29.9. The van der Waals surface area contributed by atoms with Crippen molar-refractivity contribution in [3.05, 3.63) is 59.7 Å². The fraction of sp³-hybridized carbons (Fsp3) is 0.520. The van der Waals surface area contributed by atoms with Crippen LogP contribution in [-0.4, -0.2) is 41.0 Å². The summed E-state index contributed by atoms with van der Waals surface area (Å²) in [6.07, 6.45) is -6.53. The van der Waals surface area contributed by atoms with Crippen LogP contribution in [0.4, 0.5) is 26.3 Å². The van der Waals surface area contributed by atoms with Gasteiger partial charge in [-0.1, -0.05) is 18.6 Å². The number of nitrogens with one attached hydrogen (secondary N) is 3. The Bertz CT molecular complexity index is 1280. The summed E-state index contributed by atoms with van der Waals surface area (Å²) in [5.74, 6) is 0. The molecule has 3 rings (SSSR count). The summed E-state index contributed by atoms with van der Waals surface area (Å²) in [5, 5.41) is 3.36. The van der Waals surface area contributed by atoms with Crippen molar-refractivity contribution in [2.24, 2.45) is 0 Å². The summed E-state index contributed by atoms with van der Waals surface area (Å²) in [7, 11) is -8.42. The lowest BCUT2D eigenvalue weighted by molar-refractivity contribution is -0.138. The Labute approximate surface area is 242 Å². The van der Waals surface area contributed by atoms with Gasteiger partial charge in [0.25, 0.3) is 0 Å². The van der Waals surface area contributed by atoms with E-state index in [0.717, 1.165) is 42.8 Å². The first kappa shape index (κ1) is 35.3. The zero-order valence-electron chi connectivity index (χ0n) is 22.1. The second-order valence-corrected chi connectivity index (χ2v) is 13.5. The average molecular weight is 652 g/mol. The molecule has 2 aromatic carbocycles. The molecule has 1 aliphatic heterocycles. The minimum atomic E-state index is -4.68. The molecule has 4 atom stereocenters. The van der Waals surface area contributed by atoms with Crippen molar-refractivity contribution in [2.75, 3.05) is 0 Å². The molecule has 0 radical (unpaired) electrons. The van der Waals surface area contributed by atoms with Gasteiger partial charge in [0, 0.05) is 24.2 Å². The number of alkyl halides is 6. The lowest BCUT2D eigenvalue weighted by Crippen LogP contribution is -2.48. The maximum absolute atomic E-state index is 13.0. The molecule has 3 N–H and O–H groups in total. The quantitative estimate of drug-likeness (QED) is 0.296. The fourth-order valence-electron chi connectivity index (χ4n) is 4.78. The molecule has 0 aliphatic carbocycles. The molecule has 1 heterocycles. The first-order valence-corrected chi connectivity index (χ1v) is 15.5. The molecule has 1 fully saturated rings. The number of sulfonamides is 2. The van der Waals surface area contributed by atoms with Crippen LogP contribution in [-0.2, 0) is 32.4 Å². The van der Waals surface area contributed by atoms with E-state index in [-0.39, 0.29) is 24.5 Å². The highest BCUT2D eigenvalue weighted by Crippen LogP contribution is 2.31. The third kappa shape index (κ3) is 10.1. The number of rotatable bonds is 10. The minimum Gasteiger partial charge on any atom is -0.311 e. The molecule has 1 saturated heterocycles. The van der Waals surface area contributed by atoms with Gasteiger partial charge in [-0.2, -0.15) is 26.3 Å². The van der Waals surface area contributed by atoms with Crippen molar-refractivity contribution in [1.29, 1.82) is 0 Å². The van der Waals surface area contributed by atoms with Crippen LogP contribution in [0.2, 0.25) is 0 Å². The van der Waals surface area contributed by atoms with Crippen LogP contribution in [0, 0.1) is 0 Å². The van der Waals surface area contributed by atoms with E-state index in [2.05, 4.69) is 14.8 Å². The number of hydrogen-bond acceptors (Lipinski definition) is 5. The van der Waals surface area contributed by atoms with Gasteiger partial charge in [-0.3, -0.25) is 0 Å². The maximum Gasteiger partial charge on any atom is 0.416 e. The molecule has 0 spiro atoms. The number of piperidine rings is 1. The molecule has 4 unspecified atom stereocenters. The Morgan fingerprint density at radius 2 is 1.12 bits per heavy atom. The van der Waals surface area contributed by atoms with Crippen LogP contribution in [0.5, 0.6) is 0 Å². The molecule has 232 valence electrons. The molecular formula is C25H32ClF6N3O4S2. The summed E-state index contributed by atoms with van der Waals surface area (Å²) in [4.78, 5) is -0.990. The lowest BCUT2D eigenvalue weighted by atomic mass is 9.92. The van der Waals surface area contributed by atoms with Gasteiger partial charge < -0.3 is 5.32 Å². The van der Waals surface area contributed by atoms with Crippen LogP contribution in [0.15, 0.2) is 58.3 Å². The Morgan fingerprint density at radius 3 is 1.46 bits per heavy atom. The maximum atomic E-state index is 13.0.